The number of ether oxygens (including phenoxy) is 1. The van der Waals surface area contributed by atoms with Crippen molar-refractivity contribution in [2.45, 2.75) is 6.23 Å². The third-order valence-electron chi connectivity index (χ3n) is 1.43. The Bertz CT molecular complexity index is 174. The van der Waals surface area contributed by atoms with Crippen LogP contribution < -0.4 is 10.6 Å². The van der Waals surface area contributed by atoms with E-state index in [1.54, 1.807) is 6.26 Å². The van der Waals surface area contributed by atoms with Crippen LogP contribution in [0.4, 0.5) is 0 Å². The van der Waals surface area contributed by atoms with Crippen molar-refractivity contribution in [2.75, 3.05) is 6.67 Å². The van der Waals surface area contributed by atoms with Crippen molar-refractivity contribution >= 4 is 0 Å². The van der Waals surface area contributed by atoms with Crippen LogP contribution in [0.15, 0.2) is 24.1 Å². The SMILES string of the molecule is C1=COC2NCNC2=C1. The molecule has 1 saturated heterocycles. The first-order valence-electron chi connectivity index (χ1n) is 2.96. The molecule has 2 aliphatic heterocycles. The van der Waals surface area contributed by atoms with Crippen LogP contribution >= 0.6 is 0 Å². The van der Waals surface area contributed by atoms with Gasteiger partial charge in [-0.25, -0.2) is 0 Å². The summed E-state index contributed by atoms with van der Waals surface area (Å²) in [5, 5.41) is 6.24. The standard InChI is InChI=1S/C6H8N2O/c1-2-5-6(9-3-1)8-4-7-5/h1-3,6-8H,4H2. The number of nitrogens with one attached hydrogen (secondary N) is 2. The van der Waals surface area contributed by atoms with Crippen LogP contribution in [-0.4, -0.2) is 12.9 Å². The van der Waals surface area contributed by atoms with E-state index in [2.05, 4.69) is 10.6 Å². The molecular formula is C6H8N2O. The fourth-order valence-electron chi connectivity index (χ4n) is 0.983. The third kappa shape index (κ3) is 0.695. The highest BCUT2D eigenvalue weighted by atomic mass is 16.5. The normalized spacial score (nSPS) is 30.2. The first-order valence-corrected chi connectivity index (χ1v) is 2.96. The van der Waals surface area contributed by atoms with Gasteiger partial charge in [-0.05, 0) is 12.2 Å². The molecule has 1 atom stereocenters. The van der Waals surface area contributed by atoms with Gasteiger partial charge in [0.15, 0.2) is 6.23 Å². The molecule has 2 rings (SSSR count). The van der Waals surface area contributed by atoms with Crippen molar-refractivity contribution in [3.8, 4) is 0 Å². The van der Waals surface area contributed by atoms with Crippen molar-refractivity contribution in [3.63, 3.8) is 0 Å². The molecule has 2 heterocycles. The van der Waals surface area contributed by atoms with E-state index in [4.69, 9.17) is 4.74 Å². The van der Waals surface area contributed by atoms with E-state index in [-0.39, 0.29) is 6.23 Å². The number of hydrogen-bond donors (Lipinski definition) is 2. The van der Waals surface area contributed by atoms with Gasteiger partial charge in [-0.3, -0.25) is 5.32 Å². The Kier molecular flexibility index (Phi) is 0.960. The van der Waals surface area contributed by atoms with Crippen molar-refractivity contribution in [1.82, 2.24) is 10.6 Å². The maximum Gasteiger partial charge on any atom is 0.191 e. The Labute approximate surface area is 53.4 Å². The summed E-state index contributed by atoms with van der Waals surface area (Å²) in [7, 11) is 0. The van der Waals surface area contributed by atoms with Crippen LogP contribution in [0.1, 0.15) is 0 Å². The van der Waals surface area contributed by atoms with Gasteiger partial charge in [-0.15, -0.1) is 0 Å². The highest BCUT2D eigenvalue weighted by molar-refractivity contribution is 5.19. The lowest BCUT2D eigenvalue weighted by atomic mass is 10.3. The average molecular weight is 124 g/mol. The van der Waals surface area contributed by atoms with Gasteiger partial charge in [0.05, 0.1) is 18.6 Å². The quantitative estimate of drug-likeness (QED) is 0.472. The highest BCUT2D eigenvalue weighted by Crippen LogP contribution is 2.09. The molecule has 2 N–H and O–H groups in total. The Balaban J connectivity index is 2.23. The van der Waals surface area contributed by atoms with Crippen molar-refractivity contribution in [1.29, 1.82) is 0 Å². The summed E-state index contributed by atoms with van der Waals surface area (Å²) < 4.78 is 5.18. The maximum atomic E-state index is 5.18. The second-order valence-corrected chi connectivity index (χ2v) is 2.02. The summed E-state index contributed by atoms with van der Waals surface area (Å²) in [5.74, 6) is 0. The molecule has 0 saturated carbocycles. The Morgan fingerprint density at radius 1 is 1.67 bits per heavy atom. The second-order valence-electron chi connectivity index (χ2n) is 2.02. The molecule has 0 aromatic rings. The molecular weight excluding hydrogens is 116 g/mol. The predicted molar refractivity (Wildman–Crippen MR) is 33.2 cm³/mol. The van der Waals surface area contributed by atoms with Crippen LogP contribution in [0.25, 0.3) is 0 Å². The smallest absolute Gasteiger partial charge is 0.191 e. The fourth-order valence-corrected chi connectivity index (χ4v) is 0.983. The van der Waals surface area contributed by atoms with Crippen molar-refractivity contribution in [2.24, 2.45) is 0 Å². The number of fused-ring (bicyclic) bond motifs is 1. The highest BCUT2D eigenvalue weighted by Gasteiger charge is 2.20. The number of allylic oxidation sites excluding steroid dienone is 2. The number of rotatable bonds is 0. The Morgan fingerprint density at radius 2 is 2.67 bits per heavy atom. The molecule has 0 bridgehead atoms. The summed E-state index contributed by atoms with van der Waals surface area (Å²) >= 11 is 0. The van der Waals surface area contributed by atoms with Gasteiger partial charge >= 0.3 is 0 Å². The second kappa shape index (κ2) is 1.77. The molecule has 1 fully saturated rings. The molecule has 2 aliphatic rings. The lowest BCUT2D eigenvalue weighted by Gasteiger charge is -2.12. The van der Waals surface area contributed by atoms with Gasteiger partial charge in [-0.1, -0.05) is 0 Å². The fraction of sp³-hybridized carbons (Fsp3) is 0.333. The zero-order valence-corrected chi connectivity index (χ0v) is 4.92. The van der Waals surface area contributed by atoms with E-state index in [0.29, 0.717) is 0 Å². The lowest BCUT2D eigenvalue weighted by molar-refractivity contribution is 0.158. The molecule has 3 nitrogen and oxygen atoms in total. The summed E-state index contributed by atoms with van der Waals surface area (Å²) in [6, 6.07) is 0. The zero-order valence-electron chi connectivity index (χ0n) is 4.92. The van der Waals surface area contributed by atoms with E-state index >= 15 is 0 Å². The van der Waals surface area contributed by atoms with Crippen LogP contribution in [0.2, 0.25) is 0 Å². The van der Waals surface area contributed by atoms with Gasteiger partial charge in [-0.2, -0.15) is 0 Å². The molecule has 3 heteroatoms. The molecule has 0 spiro atoms. The first-order chi connectivity index (χ1) is 4.47. The first kappa shape index (κ1) is 4.88. The Hall–Kier alpha value is -0.960. The maximum absolute atomic E-state index is 5.18. The predicted octanol–water partition coefficient (Wildman–Crippen LogP) is -0.109. The van der Waals surface area contributed by atoms with E-state index in [1.807, 2.05) is 12.2 Å². The zero-order chi connectivity index (χ0) is 6.10. The summed E-state index contributed by atoms with van der Waals surface area (Å²) in [4.78, 5) is 0. The van der Waals surface area contributed by atoms with E-state index in [1.165, 1.54) is 0 Å². The molecule has 1 unspecified atom stereocenters. The van der Waals surface area contributed by atoms with Crippen LogP contribution in [0.3, 0.4) is 0 Å². The van der Waals surface area contributed by atoms with Crippen molar-refractivity contribution < 1.29 is 4.74 Å². The van der Waals surface area contributed by atoms with Crippen LogP contribution in [-0.2, 0) is 4.74 Å². The van der Waals surface area contributed by atoms with Gasteiger partial charge in [0.1, 0.15) is 0 Å². The monoisotopic (exact) mass is 124 g/mol. The lowest BCUT2D eigenvalue weighted by Crippen LogP contribution is -2.24. The van der Waals surface area contributed by atoms with E-state index < -0.39 is 0 Å². The average Bonchev–Trinajstić information content (AvgIpc) is 2.33. The summed E-state index contributed by atoms with van der Waals surface area (Å²) in [6.07, 6.45) is 5.66. The molecule has 0 aromatic carbocycles. The molecule has 0 amide bonds. The van der Waals surface area contributed by atoms with Gasteiger partial charge < -0.3 is 10.1 Å². The molecule has 0 aromatic heterocycles. The number of hydrogen-bond acceptors (Lipinski definition) is 3. The van der Waals surface area contributed by atoms with Crippen LogP contribution in [0, 0.1) is 0 Å². The van der Waals surface area contributed by atoms with Gasteiger partial charge in [0.2, 0.25) is 0 Å². The van der Waals surface area contributed by atoms with Crippen molar-refractivity contribution in [3.05, 3.63) is 24.1 Å². The summed E-state index contributed by atoms with van der Waals surface area (Å²) in [5.41, 5.74) is 1.12. The Morgan fingerprint density at radius 3 is 3.56 bits per heavy atom. The molecule has 48 valence electrons. The summed E-state index contributed by atoms with van der Waals surface area (Å²) in [6.45, 7) is 0.804. The molecule has 0 aliphatic carbocycles. The van der Waals surface area contributed by atoms with Crippen LogP contribution in [0.5, 0.6) is 0 Å². The largest absolute Gasteiger partial charge is 0.477 e. The topological polar surface area (TPSA) is 33.3 Å². The van der Waals surface area contributed by atoms with E-state index in [9.17, 15) is 0 Å². The molecule has 0 radical (unpaired) electrons. The van der Waals surface area contributed by atoms with Gasteiger partial charge in [0.25, 0.3) is 0 Å². The minimum Gasteiger partial charge on any atom is -0.477 e. The molecule has 9 heavy (non-hydrogen) atoms. The van der Waals surface area contributed by atoms with Gasteiger partial charge in [0, 0.05) is 0 Å². The minimum atomic E-state index is 0.0787. The minimum absolute atomic E-state index is 0.0787. The van der Waals surface area contributed by atoms with E-state index in [0.717, 1.165) is 12.4 Å². The third-order valence-corrected chi connectivity index (χ3v) is 1.43.